The third-order valence-electron chi connectivity index (χ3n) is 7.34. The van der Waals surface area contributed by atoms with Crippen molar-refractivity contribution in [2.75, 3.05) is 10.2 Å². The number of alkyl halides is 3. The maximum Gasteiger partial charge on any atom is 0.573 e. The molecule has 2 N–H and O–H groups in total. The molecular formula is C27H19F3N8O3. The van der Waals surface area contributed by atoms with Gasteiger partial charge in [0.15, 0.2) is 11.5 Å². The second-order valence-corrected chi connectivity index (χ2v) is 9.75. The van der Waals surface area contributed by atoms with Crippen LogP contribution in [0.2, 0.25) is 0 Å². The summed E-state index contributed by atoms with van der Waals surface area (Å²) in [6.45, 7) is 1.83. The fourth-order valence-electron chi connectivity index (χ4n) is 5.80. The number of carbonyl (C=O) groups excluding carboxylic acids is 2. The number of aromatic amines is 1. The van der Waals surface area contributed by atoms with E-state index in [1.165, 1.54) is 41.6 Å². The van der Waals surface area contributed by atoms with Crippen LogP contribution >= 0.6 is 0 Å². The summed E-state index contributed by atoms with van der Waals surface area (Å²) in [6, 6.07) is 12.5. The molecule has 2 aromatic carbocycles. The number of nitrogens with one attached hydrogen (secondary N) is 2. The highest BCUT2D eigenvalue weighted by Gasteiger charge is 2.58. The Bertz CT molecular complexity index is 1860. The number of amides is 2. The molecule has 2 aliphatic rings. The maximum absolute atomic E-state index is 14.5. The van der Waals surface area contributed by atoms with Gasteiger partial charge in [-0.15, -0.1) is 13.2 Å². The molecule has 2 aliphatic heterocycles. The normalized spacial score (nSPS) is 18.1. The fourth-order valence-corrected chi connectivity index (χ4v) is 5.80. The van der Waals surface area contributed by atoms with Crippen molar-refractivity contribution in [3.8, 4) is 11.6 Å². The number of hydrogen-bond acceptors (Lipinski definition) is 7. The van der Waals surface area contributed by atoms with Gasteiger partial charge in [-0.2, -0.15) is 9.78 Å². The number of anilines is 2. The van der Waals surface area contributed by atoms with Gasteiger partial charge < -0.3 is 19.9 Å². The van der Waals surface area contributed by atoms with Crippen LogP contribution in [0.3, 0.4) is 0 Å². The Morgan fingerprint density at radius 1 is 1.05 bits per heavy atom. The lowest BCUT2D eigenvalue weighted by molar-refractivity contribution is -0.274. The Labute approximate surface area is 229 Å². The zero-order chi connectivity index (χ0) is 28.5. The smallest absolute Gasteiger partial charge is 0.406 e. The van der Waals surface area contributed by atoms with Gasteiger partial charge in [0.05, 0.1) is 18.6 Å². The number of imidazole rings is 1. The summed E-state index contributed by atoms with van der Waals surface area (Å²) in [5.74, 6) is -0.425. The number of aromatic nitrogens is 6. The number of halogens is 3. The first-order chi connectivity index (χ1) is 19.7. The van der Waals surface area contributed by atoms with E-state index in [0.717, 1.165) is 0 Å². The van der Waals surface area contributed by atoms with Crippen LogP contribution in [0.25, 0.3) is 17.0 Å². The Morgan fingerprint density at radius 3 is 2.61 bits per heavy atom. The summed E-state index contributed by atoms with van der Waals surface area (Å²) in [7, 11) is 0. The van der Waals surface area contributed by atoms with Crippen molar-refractivity contribution >= 4 is 34.5 Å². The first-order valence-corrected chi connectivity index (χ1v) is 12.5. The highest BCUT2D eigenvalue weighted by Crippen LogP contribution is 2.53. The van der Waals surface area contributed by atoms with Crippen LogP contribution in [0.15, 0.2) is 61.2 Å². The summed E-state index contributed by atoms with van der Waals surface area (Å²) < 4.78 is 43.3. The van der Waals surface area contributed by atoms with Crippen molar-refractivity contribution in [2.45, 2.75) is 31.7 Å². The van der Waals surface area contributed by atoms with E-state index in [4.69, 9.17) is 0 Å². The van der Waals surface area contributed by atoms with E-state index in [2.05, 4.69) is 35.1 Å². The fraction of sp³-hybridized carbons (Fsp3) is 0.185. The average Bonchev–Trinajstić information content (AvgIpc) is 3.60. The van der Waals surface area contributed by atoms with Crippen LogP contribution in [-0.2, 0) is 21.5 Å². The van der Waals surface area contributed by atoms with E-state index in [1.807, 2.05) is 6.07 Å². The summed E-state index contributed by atoms with van der Waals surface area (Å²) in [4.78, 5) is 45.0. The van der Waals surface area contributed by atoms with Crippen LogP contribution < -0.4 is 15.0 Å². The largest absolute Gasteiger partial charge is 0.573 e. The standard InChI is InChI=1S/C27H19F3N8O3/c1-14-20-23(38(36-14)24-21-22(32-12-31-21)33-13-34-24)35-19(39)10-26(20)17-4-2-3-5-18(17)37(25(26)40)11-15-6-8-16(9-7-15)41-27(28,29)30/h2-9,12-13H,10-11H2,1H3,(H,35,39)(H,31,32,33,34). The zero-order valence-electron chi connectivity index (χ0n) is 21.2. The number of ether oxygens (including phenoxy) is 1. The topological polar surface area (TPSA) is 131 Å². The minimum Gasteiger partial charge on any atom is -0.406 e. The first kappa shape index (κ1) is 24.7. The number of rotatable bonds is 4. The molecule has 0 radical (unpaired) electrons. The number of benzene rings is 2. The van der Waals surface area contributed by atoms with Crippen LogP contribution in [-0.4, -0.2) is 47.9 Å². The predicted octanol–water partition coefficient (Wildman–Crippen LogP) is 3.92. The Morgan fingerprint density at radius 2 is 1.83 bits per heavy atom. The number of para-hydroxylation sites is 1. The minimum atomic E-state index is -4.81. The van der Waals surface area contributed by atoms with Crippen LogP contribution in [0, 0.1) is 6.92 Å². The van der Waals surface area contributed by atoms with Crippen molar-refractivity contribution in [1.82, 2.24) is 29.7 Å². The van der Waals surface area contributed by atoms with E-state index < -0.39 is 11.8 Å². The lowest BCUT2D eigenvalue weighted by Gasteiger charge is -2.33. The second kappa shape index (κ2) is 8.61. The number of aryl methyl sites for hydroxylation is 1. The van der Waals surface area contributed by atoms with E-state index in [9.17, 15) is 22.8 Å². The molecule has 0 saturated heterocycles. The third-order valence-corrected chi connectivity index (χ3v) is 7.34. The molecule has 3 aromatic heterocycles. The molecule has 2 amide bonds. The Balaban J connectivity index is 1.34. The lowest BCUT2D eigenvalue weighted by atomic mass is 9.70. The summed E-state index contributed by atoms with van der Waals surface area (Å²) in [5.41, 5.74) is 2.40. The van der Waals surface area contributed by atoms with E-state index >= 15 is 0 Å². The van der Waals surface area contributed by atoms with Gasteiger partial charge in [-0.3, -0.25) is 9.59 Å². The Hall–Kier alpha value is -5.27. The second-order valence-electron chi connectivity index (χ2n) is 9.75. The summed E-state index contributed by atoms with van der Waals surface area (Å²) >= 11 is 0. The number of carbonyl (C=O) groups is 2. The summed E-state index contributed by atoms with van der Waals surface area (Å²) in [6.07, 6.45) is -2.15. The maximum atomic E-state index is 14.5. The molecule has 14 heteroatoms. The number of hydrogen-bond donors (Lipinski definition) is 2. The molecule has 0 aliphatic carbocycles. The minimum absolute atomic E-state index is 0.0642. The van der Waals surface area contributed by atoms with Gasteiger partial charge in [0, 0.05) is 17.7 Å². The molecule has 11 nitrogen and oxygen atoms in total. The molecule has 0 saturated carbocycles. The Kier molecular flexibility index (Phi) is 5.20. The van der Waals surface area contributed by atoms with E-state index in [0.29, 0.717) is 50.9 Å². The van der Waals surface area contributed by atoms with Gasteiger partial charge in [0.2, 0.25) is 11.8 Å². The van der Waals surface area contributed by atoms with Gasteiger partial charge in [0.25, 0.3) is 0 Å². The molecule has 0 bridgehead atoms. The first-order valence-electron chi connectivity index (χ1n) is 12.5. The molecule has 5 aromatic rings. The van der Waals surface area contributed by atoms with Crippen molar-refractivity contribution in [3.63, 3.8) is 0 Å². The summed E-state index contributed by atoms with van der Waals surface area (Å²) in [5, 5.41) is 7.58. The third kappa shape index (κ3) is 3.74. The van der Waals surface area contributed by atoms with E-state index in [1.54, 1.807) is 30.0 Å². The molecule has 1 atom stereocenters. The van der Waals surface area contributed by atoms with E-state index in [-0.39, 0.29) is 30.5 Å². The molecule has 7 rings (SSSR count). The monoisotopic (exact) mass is 560 g/mol. The van der Waals surface area contributed by atoms with Crippen molar-refractivity contribution in [2.24, 2.45) is 0 Å². The van der Waals surface area contributed by atoms with Gasteiger partial charge in [-0.05, 0) is 36.2 Å². The van der Waals surface area contributed by atoms with Crippen LogP contribution in [0.4, 0.5) is 24.7 Å². The zero-order valence-corrected chi connectivity index (χ0v) is 21.2. The molecule has 206 valence electrons. The lowest BCUT2D eigenvalue weighted by Crippen LogP contribution is -2.46. The number of H-pyrrole nitrogens is 1. The molecule has 0 fully saturated rings. The SMILES string of the molecule is Cc1nn(-c2ncnc3nc[nH]c23)c2c1C1(CC(=O)N2)C(=O)N(Cc2ccc(OC(F)(F)F)cc2)c2ccccc21. The van der Waals surface area contributed by atoms with Crippen molar-refractivity contribution in [3.05, 3.63) is 83.6 Å². The molecular weight excluding hydrogens is 541 g/mol. The van der Waals surface area contributed by atoms with Crippen molar-refractivity contribution in [1.29, 1.82) is 0 Å². The van der Waals surface area contributed by atoms with Crippen molar-refractivity contribution < 1.29 is 27.5 Å². The highest BCUT2D eigenvalue weighted by molar-refractivity contribution is 6.16. The number of fused-ring (bicyclic) bond motifs is 5. The van der Waals surface area contributed by atoms with Gasteiger partial charge in [0.1, 0.15) is 28.8 Å². The molecule has 1 unspecified atom stereocenters. The predicted molar refractivity (Wildman–Crippen MR) is 138 cm³/mol. The number of nitrogens with zero attached hydrogens (tertiary/aromatic N) is 6. The molecule has 41 heavy (non-hydrogen) atoms. The van der Waals surface area contributed by atoms with Crippen LogP contribution in [0.5, 0.6) is 5.75 Å². The van der Waals surface area contributed by atoms with Crippen LogP contribution in [0.1, 0.15) is 28.8 Å². The quantitative estimate of drug-likeness (QED) is 0.341. The molecule has 1 spiro atoms. The average molecular weight is 560 g/mol. The highest BCUT2D eigenvalue weighted by atomic mass is 19.4. The molecule has 5 heterocycles. The van der Waals surface area contributed by atoms with Gasteiger partial charge in [-0.1, -0.05) is 30.3 Å². The van der Waals surface area contributed by atoms with Gasteiger partial charge >= 0.3 is 6.36 Å². The van der Waals surface area contributed by atoms with Gasteiger partial charge in [-0.25, -0.2) is 15.0 Å².